The molecule has 0 radical (unpaired) electrons. The molecule has 2 aliphatic rings. The summed E-state index contributed by atoms with van der Waals surface area (Å²) in [5.41, 5.74) is 2.55. The molecule has 30 heavy (non-hydrogen) atoms. The number of fused-ring (bicyclic) bond motifs is 3. The standard InChI is InChI=1S/C24H27N3O2S/c1-15-8-9-16(2)19(12-15)27-21(28)20-13-17-10-11-30-22(17)26(20)14-24(27,3)23(29)25-18-6-4-5-7-18/h8-13,18H,4-7,14H2,1-3H3,(H,25,29)/t24-/m1/s1. The number of aryl methyl sites for hydroxylation is 2. The maximum Gasteiger partial charge on any atom is 0.275 e. The fourth-order valence-corrected chi connectivity index (χ4v) is 5.84. The first-order valence-corrected chi connectivity index (χ1v) is 11.6. The van der Waals surface area contributed by atoms with Gasteiger partial charge in [0.15, 0.2) is 0 Å². The van der Waals surface area contributed by atoms with Gasteiger partial charge in [0, 0.05) is 17.1 Å². The molecule has 5 nitrogen and oxygen atoms in total. The Balaban J connectivity index is 1.66. The van der Waals surface area contributed by atoms with Crippen LogP contribution in [0.4, 0.5) is 5.69 Å². The van der Waals surface area contributed by atoms with Gasteiger partial charge in [-0.1, -0.05) is 25.0 Å². The Morgan fingerprint density at radius 3 is 2.70 bits per heavy atom. The summed E-state index contributed by atoms with van der Waals surface area (Å²) in [4.78, 5) is 30.3. The van der Waals surface area contributed by atoms with Crippen molar-refractivity contribution in [1.82, 2.24) is 9.88 Å². The van der Waals surface area contributed by atoms with Gasteiger partial charge in [0.25, 0.3) is 5.91 Å². The molecule has 1 N–H and O–H groups in total. The predicted molar refractivity (Wildman–Crippen MR) is 121 cm³/mol. The number of thiophene rings is 1. The highest BCUT2D eigenvalue weighted by atomic mass is 32.1. The van der Waals surface area contributed by atoms with Crippen LogP contribution in [0.5, 0.6) is 0 Å². The maximum atomic E-state index is 13.8. The number of anilines is 1. The number of nitrogens with one attached hydrogen (secondary N) is 1. The fourth-order valence-electron chi connectivity index (χ4n) is 4.95. The molecule has 0 spiro atoms. The quantitative estimate of drug-likeness (QED) is 0.661. The predicted octanol–water partition coefficient (Wildman–Crippen LogP) is 4.80. The molecule has 2 aromatic heterocycles. The van der Waals surface area contributed by atoms with Crippen LogP contribution in [0.15, 0.2) is 35.7 Å². The Bertz CT molecular complexity index is 1150. The largest absolute Gasteiger partial charge is 0.351 e. The van der Waals surface area contributed by atoms with Gasteiger partial charge in [0.2, 0.25) is 5.91 Å². The molecular weight excluding hydrogens is 394 g/mol. The number of hydrogen-bond donors (Lipinski definition) is 1. The van der Waals surface area contributed by atoms with E-state index in [1.165, 1.54) is 0 Å². The second-order valence-corrected chi connectivity index (χ2v) is 9.85. The van der Waals surface area contributed by atoms with E-state index < -0.39 is 5.54 Å². The van der Waals surface area contributed by atoms with Crippen LogP contribution in [-0.4, -0.2) is 28.0 Å². The van der Waals surface area contributed by atoms with Crippen LogP contribution >= 0.6 is 11.3 Å². The molecule has 3 aromatic rings. The summed E-state index contributed by atoms with van der Waals surface area (Å²) >= 11 is 1.62. The lowest BCUT2D eigenvalue weighted by molar-refractivity contribution is -0.127. The number of nitrogens with zero attached hydrogens (tertiary/aromatic N) is 2. The van der Waals surface area contributed by atoms with Crippen LogP contribution in [0.3, 0.4) is 0 Å². The van der Waals surface area contributed by atoms with Crippen molar-refractivity contribution >= 4 is 39.1 Å². The molecule has 1 saturated carbocycles. The Morgan fingerprint density at radius 1 is 1.17 bits per heavy atom. The average Bonchev–Trinajstić information content (AvgIpc) is 3.43. The molecule has 5 rings (SSSR count). The van der Waals surface area contributed by atoms with Gasteiger partial charge in [-0.05, 0) is 68.3 Å². The lowest BCUT2D eigenvalue weighted by atomic mass is 9.92. The Kier molecular flexibility index (Phi) is 4.51. The summed E-state index contributed by atoms with van der Waals surface area (Å²) in [5, 5.41) is 6.36. The highest BCUT2D eigenvalue weighted by Gasteiger charge is 2.49. The zero-order valence-electron chi connectivity index (χ0n) is 17.7. The van der Waals surface area contributed by atoms with Gasteiger partial charge in [0.1, 0.15) is 16.1 Å². The summed E-state index contributed by atoms with van der Waals surface area (Å²) in [6.07, 6.45) is 4.34. The first-order valence-electron chi connectivity index (χ1n) is 10.7. The van der Waals surface area contributed by atoms with Gasteiger partial charge in [-0.2, -0.15) is 0 Å². The van der Waals surface area contributed by atoms with Crippen molar-refractivity contribution in [3.8, 4) is 0 Å². The summed E-state index contributed by atoms with van der Waals surface area (Å²) in [7, 11) is 0. The molecule has 1 aromatic carbocycles. The third-order valence-corrected chi connectivity index (χ3v) is 7.62. The second kappa shape index (κ2) is 6.98. The number of rotatable bonds is 3. The van der Waals surface area contributed by atoms with E-state index in [4.69, 9.17) is 0 Å². The van der Waals surface area contributed by atoms with Gasteiger partial charge in [-0.15, -0.1) is 11.3 Å². The lowest BCUT2D eigenvalue weighted by Gasteiger charge is -2.45. The monoisotopic (exact) mass is 421 g/mol. The van der Waals surface area contributed by atoms with Crippen LogP contribution in [0, 0.1) is 13.8 Å². The molecule has 0 unspecified atom stereocenters. The smallest absolute Gasteiger partial charge is 0.275 e. The molecule has 2 amide bonds. The SMILES string of the molecule is Cc1ccc(C)c(N2C(=O)c3cc4ccsc4n3C[C@]2(C)C(=O)NC2CCCC2)c1. The number of amides is 2. The van der Waals surface area contributed by atoms with E-state index >= 15 is 0 Å². The zero-order valence-corrected chi connectivity index (χ0v) is 18.5. The number of hydrogen-bond acceptors (Lipinski definition) is 3. The molecule has 3 heterocycles. The van der Waals surface area contributed by atoms with Crippen molar-refractivity contribution in [3.05, 3.63) is 52.5 Å². The average molecular weight is 422 g/mol. The third kappa shape index (κ3) is 2.88. The number of carbonyl (C=O) groups is 2. The van der Waals surface area contributed by atoms with E-state index in [0.717, 1.165) is 52.7 Å². The molecule has 0 bridgehead atoms. The Labute approximate surface area is 180 Å². The Hall–Kier alpha value is -2.60. The van der Waals surface area contributed by atoms with Crippen LogP contribution in [-0.2, 0) is 11.3 Å². The normalized spacial score (nSPS) is 22.0. The van der Waals surface area contributed by atoms with Gasteiger partial charge in [-0.3, -0.25) is 14.5 Å². The van der Waals surface area contributed by atoms with Crippen LogP contribution in [0.1, 0.15) is 54.2 Å². The first-order chi connectivity index (χ1) is 14.4. The topological polar surface area (TPSA) is 54.3 Å². The molecule has 1 aliphatic carbocycles. The fraction of sp³-hybridized carbons (Fsp3) is 0.417. The number of aromatic nitrogens is 1. The lowest BCUT2D eigenvalue weighted by Crippen LogP contribution is -2.65. The molecule has 0 saturated heterocycles. The van der Waals surface area contributed by atoms with E-state index in [0.29, 0.717) is 12.2 Å². The van der Waals surface area contributed by atoms with Crippen LogP contribution in [0.25, 0.3) is 10.2 Å². The van der Waals surface area contributed by atoms with Crippen LogP contribution < -0.4 is 10.2 Å². The van der Waals surface area contributed by atoms with E-state index in [-0.39, 0.29) is 17.9 Å². The molecule has 1 aliphatic heterocycles. The molecule has 156 valence electrons. The van der Waals surface area contributed by atoms with E-state index in [1.54, 1.807) is 16.2 Å². The first kappa shape index (κ1) is 19.4. The zero-order chi connectivity index (χ0) is 21.0. The van der Waals surface area contributed by atoms with E-state index in [2.05, 4.69) is 5.32 Å². The van der Waals surface area contributed by atoms with Crippen LogP contribution in [0.2, 0.25) is 0 Å². The highest BCUT2D eigenvalue weighted by Crippen LogP contribution is 2.39. The second-order valence-electron chi connectivity index (χ2n) is 8.96. The van der Waals surface area contributed by atoms with E-state index in [9.17, 15) is 9.59 Å². The molecule has 1 atom stereocenters. The summed E-state index contributed by atoms with van der Waals surface area (Å²) in [5.74, 6) is -0.171. The Morgan fingerprint density at radius 2 is 1.93 bits per heavy atom. The van der Waals surface area contributed by atoms with Gasteiger partial charge in [-0.25, -0.2) is 0 Å². The third-order valence-electron chi connectivity index (χ3n) is 6.67. The van der Waals surface area contributed by atoms with Crippen molar-refractivity contribution < 1.29 is 9.59 Å². The summed E-state index contributed by atoms with van der Waals surface area (Å²) in [6, 6.07) is 10.3. The number of carbonyl (C=O) groups excluding carboxylic acids is 2. The summed E-state index contributed by atoms with van der Waals surface area (Å²) in [6.45, 7) is 6.39. The van der Waals surface area contributed by atoms with Crippen molar-refractivity contribution in [1.29, 1.82) is 0 Å². The minimum absolute atomic E-state index is 0.0623. The molecular formula is C24H27N3O2S. The van der Waals surface area contributed by atoms with Gasteiger partial charge >= 0.3 is 0 Å². The van der Waals surface area contributed by atoms with Crippen molar-refractivity contribution in [2.75, 3.05) is 4.90 Å². The van der Waals surface area contributed by atoms with Crippen molar-refractivity contribution in [3.63, 3.8) is 0 Å². The highest BCUT2D eigenvalue weighted by molar-refractivity contribution is 7.16. The molecule has 1 fully saturated rings. The number of benzene rings is 1. The summed E-state index contributed by atoms with van der Waals surface area (Å²) < 4.78 is 2.04. The van der Waals surface area contributed by atoms with Gasteiger partial charge in [0.05, 0.1) is 6.54 Å². The van der Waals surface area contributed by atoms with Gasteiger partial charge < -0.3 is 9.88 Å². The van der Waals surface area contributed by atoms with Crippen molar-refractivity contribution in [2.24, 2.45) is 0 Å². The van der Waals surface area contributed by atoms with E-state index in [1.807, 2.05) is 61.1 Å². The minimum atomic E-state index is -0.999. The minimum Gasteiger partial charge on any atom is -0.351 e. The van der Waals surface area contributed by atoms with Crippen molar-refractivity contribution in [2.45, 2.75) is 64.6 Å². The molecule has 6 heteroatoms. The maximum absolute atomic E-state index is 13.8.